The van der Waals surface area contributed by atoms with E-state index < -0.39 is 0 Å². The van der Waals surface area contributed by atoms with Gasteiger partial charge in [0.15, 0.2) is 0 Å². The normalized spacial score (nSPS) is 12.7. The molecule has 0 aliphatic heterocycles. The molecule has 2 N–H and O–H groups in total. The van der Waals surface area contributed by atoms with Gasteiger partial charge in [0.05, 0.1) is 6.61 Å². The summed E-state index contributed by atoms with van der Waals surface area (Å²) in [6, 6.07) is 4.24. The van der Waals surface area contributed by atoms with Crippen LogP contribution in [0.3, 0.4) is 0 Å². The lowest BCUT2D eigenvalue weighted by Crippen LogP contribution is -2.33. The van der Waals surface area contributed by atoms with Gasteiger partial charge in [-0.25, -0.2) is 4.98 Å². The van der Waals surface area contributed by atoms with E-state index in [1.165, 1.54) is 5.56 Å². The Hall–Kier alpha value is -1.13. The van der Waals surface area contributed by atoms with Crippen LogP contribution in [0.25, 0.3) is 0 Å². The minimum Gasteiger partial charge on any atom is -0.383 e. The Morgan fingerprint density at radius 2 is 2.11 bits per heavy atom. The fourth-order valence-electron chi connectivity index (χ4n) is 2.15. The Labute approximate surface area is 117 Å². The van der Waals surface area contributed by atoms with Crippen LogP contribution in [-0.2, 0) is 11.2 Å². The number of aromatic nitrogens is 1. The molecule has 1 atom stereocenters. The van der Waals surface area contributed by atoms with E-state index in [1.807, 2.05) is 19.2 Å². The number of hydrogen-bond acceptors (Lipinski definition) is 4. The van der Waals surface area contributed by atoms with E-state index in [0.717, 1.165) is 25.3 Å². The summed E-state index contributed by atoms with van der Waals surface area (Å²) in [7, 11) is 1.73. The quantitative estimate of drug-likeness (QED) is 0.782. The maximum atomic E-state index is 5.92. The van der Waals surface area contributed by atoms with Crippen molar-refractivity contribution in [2.45, 2.75) is 33.2 Å². The standard InChI is InChI=1S/C15H27N3O/c1-12(2)11-18(8-9-19-4)15-14(10-13(3)16)6-5-7-17-15/h5-7,12-13H,8-11,16H2,1-4H3. The van der Waals surface area contributed by atoms with Crippen LogP contribution in [0.5, 0.6) is 0 Å². The van der Waals surface area contributed by atoms with E-state index in [4.69, 9.17) is 10.5 Å². The molecule has 0 spiro atoms. The third-order valence-electron chi connectivity index (χ3n) is 2.86. The Kier molecular flexibility index (Phi) is 6.81. The first-order chi connectivity index (χ1) is 9.04. The summed E-state index contributed by atoms with van der Waals surface area (Å²) in [5.41, 5.74) is 7.14. The molecule has 1 heterocycles. The van der Waals surface area contributed by atoms with Crippen molar-refractivity contribution in [3.8, 4) is 0 Å². The van der Waals surface area contributed by atoms with Crippen molar-refractivity contribution in [3.05, 3.63) is 23.9 Å². The molecule has 0 saturated carbocycles. The van der Waals surface area contributed by atoms with Crippen LogP contribution in [0.2, 0.25) is 0 Å². The molecule has 4 nitrogen and oxygen atoms in total. The van der Waals surface area contributed by atoms with Gasteiger partial charge in [-0.15, -0.1) is 0 Å². The largest absolute Gasteiger partial charge is 0.383 e. The van der Waals surface area contributed by atoms with Crippen molar-refractivity contribution in [1.29, 1.82) is 0 Å². The van der Waals surface area contributed by atoms with E-state index in [9.17, 15) is 0 Å². The van der Waals surface area contributed by atoms with Crippen molar-refractivity contribution in [3.63, 3.8) is 0 Å². The molecule has 0 aliphatic carbocycles. The zero-order chi connectivity index (χ0) is 14.3. The van der Waals surface area contributed by atoms with E-state index in [2.05, 4.69) is 29.8 Å². The predicted octanol–water partition coefficient (Wildman–Crippen LogP) is 2.08. The van der Waals surface area contributed by atoms with E-state index in [1.54, 1.807) is 7.11 Å². The lowest BCUT2D eigenvalue weighted by atomic mass is 10.1. The second kappa shape index (κ2) is 8.12. The molecule has 1 aromatic heterocycles. The number of ether oxygens (including phenoxy) is 1. The van der Waals surface area contributed by atoms with Crippen molar-refractivity contribution in [2.75, 3.05) is 31.7 Å². The molecule has 1 unspecified atom stereocenters. The molecular formula is C15H27N3O. The molecule has 0 bridgehead atoms. The zero-order valence-electron chi connectivity index (χ0n) is 12.6. The van der Waals surface area contributed by atoms with Crippen LogP contribution >= 0.6 is 0 Å². The number of methoxy groups -OCH3 is 1. The maximum absolute atomic E-state index is 5.92. The first-order valence-corrected chi connectivity index (χ1v) is 6.98. The highest BCUT2D eigenvalue weighted by molar-refractivity contribution is 5.47. The van der Waals surface area contributed by atoms with Gasteiger partial charge in [-0.2, -0.15) is 0 Å². The van der Waals surface area contributed by atoms with Gasteiger partial charge in [-0.05, 0) is 30.9 Å². The average Bonchev–Trinajstić information content (AvgIpc) is 2.34. The molecule has 108 valence electrons. The van der Waals surface area contributed by atoms with Crippen LogP contribution in [0, 0.1) is 5.92 Å². The van der Waals surface area contributed by atoms with Gasteiger partial charge in [0.2, 0.25) is 0 Å². The first kappa shape index (κ1) is 15.9. The summed E-state index contributed by atoms with van der Waals surface area (Å²) < 4.78 is 5.20. The second-order valence-electron chi connectivity index (χ2n) is 5.50. The molecule has 0 amide bonds. The molecule has 0 fully saturated rings. The summed E-state index contributed by atoms with van der Waals surface area (Å²) in [5, 5.41) is 0. The molecule has 4 heteroatoms. The fourth-order valence-corrected chi connectivity index (χ4v) is 2.15. The van der Waals surface area contributed by atoms with Crippen LogP contribution in [0.15, 0.2) is 18.3 Å². The number of nitrogens with two attached hydrogens (primary N) is 1. The summed E-state index contributed by atoms with van der Waals surface area (Å²) in [4.78, 5) is 6.85. The number of hydrogen-bond donors (Lipinski definition) is 1. The number of rotatable bonds is 8. The third-order valence-corrected chi connectivity index (χ3v) is 2.86. The van der Waals surface area contributed by atoms with E-state index >= 15 is 0 Å². The molecule has 1 rings (SSSR count). The molecule has 0 aromatic carbocycles. The lowest BCUT2D eigenvalue weighted by molar-refractivity contribution is 0.204. The monoisotopic (exact) mass is 265 g/mol. The molecule has 0 saturated heterocycles. The minimum atomic E-state index is 0.145. The number of pyridine rings is 1. The fraction of sp³-hybridized carbons (Fsp3) is 0.667. The topological polar surface area (TPSA) is 51.4 Å². The molecule has 0 radical (unpaired) electrons. The maximum Gasteiger partial charge on any atom is 0.131 e. The van der Waals surface area contributed by atoms with Gasteiger partial charge >= 0.3 is 0 Å². The molecule has 0 aliphatic rings. The molecule has 19 heavy (non-hydrogen) atoms. The minimum absolute atomic E-state index is 0.145. The van der Waals surface area contributed by atoms with Crippen molar-refractivity contribution in [1.82, 2.24) is 4.98 Å². The van der Waals surface area contributed by atoms with Crippen LogP contribution in [0.4, 0.5) is 5.82 Å². The first-order valence-electron chi connectivity index (χ1n) is 6.98. The van der Waals surface area contributed by atoms with Crippen molar-refractivity contribution >= 4 is 5.82 Å². The average molecular weight is 265 g/mol. The highest BCUT2D eigenvalue weighted by atomic mass is 16.5. The van der Waals surface area contributed by atoms with Crippen LogP contribution < -0.4 is 10.6 Å². The Morgan fingerprint density at radius 3 is 2.68 bits per heavy atom. The second-order valence-corrected chi connectivity index (χ2v) is 5.50. The highest BCUT2D eigenvalue weighted by Gasteiger charge is 2.14. The number of anilines is 1. The Bertz CT molecular complexity index is 366. The predicted molar refractivity (Wildman–Crippen MR) is 80.5 cm³/mol. The zero-order valence-corrected chi connectivity index (χ0v) is 12.6. The van der Waals surface area contributed by atoms with Gasteiger partial charge < -0.3 is 15.4 Å². The Balaban J connectivity index is 2.92. The van der Waals surface area contributed by atoms with Gasteiger partial charge in [-0.3, -0.25) is 0 Å². The molecule has 1 aromatic rings. The summed E-state index contributed by atoms with van der Waals surface area (Å²) in [5.74, 6) is 1.63. The molecular weight excluding hydrogens is 238 g/mol. The van der Waals surface area contributed by atoms with Gasteiger partial charge in [0.1, 0.15) is 5.82 Å². The van der Waals surface area contributed by atoms with Gasteiger partial charge in [-0.1, -0.05) is 19.9 Å². The van der Waals surface area contributed by atoms with Gasteiger partial charge in [0, 0.05) is 32.4 Å². The van der Waals surface area contributed by atoms with Crippen LogP contribution in [-0.4, -0.2) is 37.8 Å². The van der Waals surface area contributed by atoms with E-state index in [-0.39, 0.29) is 6.04 Å². The van der Waals surface area contributed by atoms with Crippen molar-refractivity contribution < 1.29 is 4.74 Å². The number of nitrogens with zero attached hydrogens (tertiary/aromatic N) is 2. The highest BCUT2D eigenvalue weighted by Crippen LogP contribution is 2.19. The van der Waals surface area contributed by atoms with E-state index in [0.29, 0.717) is 12.5 Å². The van der Waals surface area contributed by atoms with Gasteiger partial charge in [0.25, 0.3) is 0 Å². The Morgan fingerprint density at radius 1 is 1.37 bits per heavy atom. The smallest absolute Gasteiger partial charge is 0.131 e. The lowest BCUT2D eigenvalue weighted by Gasteiger charge is -2.27. The van der Waals surface area contributed by atoms with Crippen LogP contribution in [0.1, 0.15) is 26.3 Å². The SMILES string of the molecule is COCCN(CC(C)C)c1ncccc1CC(C)N. The van der Waals surface area contributed by atoms with Crippen molar-refractivity contribution in [2.24, 2.45) is 11.7 Å². The third kappa shape index (κ3) is 5.57. The summed E-state index contributed by atoms with van der Waals surface area (Å²) in [6.45, 7) is 9.01. The summed E-state index contributed by atoms with van der Waals surface area (Å²) >= 11 is 0. The summed E-state index contributed by atoms with van der Waals surface area (Å²) in [6.07, 6.45) is 2.70.